The number of hydrogen-bond acceptors (Lipinski definition) is 11. The number of hydrogen-bond donors (Lipinski definition) is 5. The zero-order chi connectivity index (χ0) is 30.5. The normalized spacial score (nSPS) is 27.5. The molecule has 0 bridgehead atoms. The molecule has 0 spiro atoms. The Balaban J connectivity index is 1.79. The maximum atomic E-state index is 13.6. The summed E-state index contributed by atoms with van der Waals surface area (Å²) in [5.74, 6) is -2.23. The van der Waals surface area contributed by atoms with Crippen molar-refractivity contribution in [2.75, 3.05) is 19.6 Å². The van der Waals surface area contributed by atoms with Gasteiger partial charge in [-0.05, 0) is 30.6 Å². The highest BCUT2D eigenvalue weighted by atomic mass is 31.1. The topological polar surface area (TPSA) is 166 Å². The fraction of sp³-hybridized carbons (Fsp3) is 0.739. The molecule has 0 aromatic heterocycles. The Kier molecular flexibility index (Phi) is 12.4. The highest BCUT2D eigenvalue weighted by Gasteiger charge is 2.61. The highest BCUT2D eigenvalue weighted by molar-refractivity contribution is 7.32. The van der Waals surface area contributed by atoms with Crippen LogP contribution >= 0.6 is 17.9 Å². The zero-order valence-corrected chi connectivity index (χ0v) is 27.2. The summed E-state index contributed by atoms with van der Waals surface area (Å²) in [5, 5.41) is 21.3. The van der Waals surface area contributed by atoms with Crippen LogP contribution in [-0.4, -0.2) is 101 Å². The van der Waals surface area contributed by atoms with Crippen molar-refractivity contribution < 1.29 is 33.0 Å². The van der Waals surface area contributed by atoms with Crippen LogP contribution in [-0.2, 0) is 23.1 Å². The molecule has 2 saturated heterocycles. The minimum atomic E-state index is -1.97. The van der Waals surface area contributed by atoms with Crippen molar-refractivity contribution in [3.63, 3.8) is 0 Å². The fourth-order valence-corrected chi connectivity index (χ4v) is 9.63. The van der Waals surface area contributed by atoms with E-state index in [1.54, 1.807) is 0 Å². The molecule has 0 aromatic carbocycles. The number of aliphatic hydroxyl groups excluding tert-OH is 1. The van der Waals surface area contributed by atoms with Gasteiger partial charge in [-0.1, -0.05) is 27.7 Å². The lowest BCUT2D eigenvalue weighted by Gasteiger charge is -2.49. The van der Waals surface area contributed by atoms with Gasteiger partial charge in [-0.2, -0.15) is 0 Å². The maximum absolute atomic E-state index is 13.6. The molecule has 0 aliphatic carbocycles. The quantitative estimate of drug-likeness (QED) is 0.0620. The van der Waals surface area contributed by atoms with Crippen molar-refractivity contribution in [1.29, 1.82) is 5.41 Å². The van der Waals surface area contributed by atoms with Crippen LogP contribution < -0.4 is 15.3 Å². The van der Waals surface area contributed by atoms with E-state index in [0.717, 1.165) is 23.7 Å². The molecule has 4 radical (unpaired) electrons. The summed E-state index contributed by atoms with van der Waals surface area (Å²) in [6, 6.07) is 2.64. The van der Waals surface area contributed by atoms with Gasteiger partial charge in [0.15, 0.2) is 24.3 Å². The highest BCUT2D eigenvalue weighted by Crippen LogP contribution is 2.49. The van der Waals surface area contributed by atoms with E-state index in [4.69, 9.17) is 34.8 Å². The van der Waals surface area contributed by atoms with Crippen LogP contribution in [0.2, 0.25) is 18.1 Å². The Hall–Kier alpha value is -1.37. The first-order valence-electron chi connectivity index (χ1n) is 13.8. The zero-order valence-electron chi connectivity index (χ0n) is 24.2. The summed E-state index contributed by atoms with van der Waals surface area (Å²) in [6.45, 7) is 11.1. The molecule has 3 rings (SSSR count). The van der Waals surface area contributed by atoms with Crippen LogP contribution in [0.1, 0.15) is 34.6 Å². The van der Waals surface area contributed by atoms with E-state index in [0.29, 0.717) is 0 Å². The monoisotopic (exact) mass is 624 g/mol. The maximum Gasteiger partial charge on any atom is 0.416 e. The van der Waals surface area contributed by atoms with E-state index in [1.807, 2.05) is 18.7 Å². The molecule has 5 N–H and O–H groups in total. The second-order valence-electron chi connectivity index (χ2n) is 10.6. The molecule has 18 heteroatoms. The predicted octanol–water partition coefficient (Wildman–Crippen LogP) is 1.03. The molecule has 3 heterocycles. The lowest BCUT2D eigenvalue weighted by Crippen LogP contribution is -2.65. The number of β-amino-alcohol motifs (C(OH)–C–C–N with tert-alkyl or cyclic N) is 1. The Morgan fingerprint density at radius 2 is 1.76 bits per heavy atom. The molecule has 8 atom stereocenters. The number of aliphatic hydroxyl groups is 1. The van der Waals surface area contributed by atoms with Gasteiger partial charge in [0.2, 0.25) is 5.91 Å². The van der Waals surface area contributed by atoms with Crippen LogP contribution in [0.5, 0.6) is 0 Å². The average Bonchev–Trinajstić information content (AvgIpc) is 3.44. The van der Waals surface area contributed by atoms with E-state index in [2.05, 4.69) is 36.1 Å². The molecule has 3 aliphatic rings. The first-order chi connectivity index (χ1) is 19.5. The molecule has 224 valence electrons. The largest absolute Gasteiger partial charge is 0.428 e. The van der Waals surface area contributed by atoms with Crippen molar-refractivity contribution in [2.24, 2.45) is 17.8 Å². The van der Waals surface area contributed by atoms with Crippen molar-refractivity contribution in [2.45, 2.75) is 71.0 Å². The second kappa shape index (κ2) is 14.9. The summed E-state index contributed by atoms with van der Waals surface area (Å²) < 4.78 is 16.8. The van der Waals surface area contributed by atoms with E-state index in [1.165, 1.54) is 4.90 Å². The molecule has 41 heavy (non-hydrogen) atoms. The van der Waals surface area contributed by atoms with Crippen molar-refractivity contribution >= 4 is 66.0 Å². The Morgan fingerprint density at radius 3 is 2.34 bits per heavy atom. The van der Waals surface area contributed by atoms with Gasteiger partial charge >= 0.3 is 12.1 Å². The molecule has 3 aliphatic heterocycles. The van der Waals surface area contributed by atoms with Crippen molar-refractivity contribution in [1.82, 2.24) is 25.1 Å². The number of β-lactam (4-membered cyclic amide) rings is 1. The van der Waals surface area contributed by atoms with Crippen molar-refractivity contribution in [3.8, 4) is 0 Å². The Bertz CT molecular complexity index is 1030. The van der Waals surface area contributed by atoms with Crippen LogP contribution in [0, 0.1) is 23.2 Å². The molecule has 2 amide bonds. The Labute approximate surface area is 249 Å². The molecule has 0 saturated carbocycles. The van der Waals surface area contributed by atoms with Crippen LogP contribution in [0.25, 0.3) is 0 Å². The lowest BCUT2D eigenvalue weighted by molar-refractivity contribution is -0.161. The third kappa shape index (κ3) is 7.24. The molecule has 13 nitrogen and oxygen atoms in total. The number of fused-ring (bicyclic) bond motifs is 1. The summed E-state index contributed by atoms with van der Waals surface area (Å²) in [7, 11) is 7.50. The average molecular weight is 624 g/mol. The van der Waals surface area contributed by atoms with Gasteiger partial charge in [-0.15, -0.1) is 0 Å². The number of likely N-dealkylation sites (tertiary alicyclic amines) is 1. The van der Waals surface area contributed by atoms with Gasteiger partial charge in [-0.25, -0.2) is 9.59 Å². The van der Waals surface area contributed by atoms with E-state index >= 15 is 0 Å². The minimum Gasteiger partial charge on any atom is -0.428 e. The first kappa shape index (κ1) is 34.1. The lowest BCUT2D eigenvalue weighted by atomic mass is 9.77. The summed E-state index contributed by atoms with van der Waals surface area (Å²) >= 11 is 0. The van der Waals surface area contributed by atoms with E-state index < -0.39 is 50.3 Å². The molecule has 2 fully saturated rings. The van der Waals surface area contributed by atoms with Gasteiger partial charge in [0.1, 0.15) is 29.4 Å². The standard InChI is InChI=1S/C23H40B2N6O7P2Si/c1-6-41(7-2,8-3)38-13(5)17-18-12(4)14(19(31(18)21(17)33)22(34)36-39-28-24)9-30-10-15(16(32)11-30)20(26)27-23(35)37-40-29-25/h12-13,15-18,28-29,32,39-40H,6-11H2,1-5H3,(H2,26,27,35)/t12-,13+,15+,16+,17?,18+/m0/s1. The van der Waals surface area contributed by atoms with Crippen molar-refractivity contribution in [3.05, 3.63) is 11.3 Å². The van der Waals surface area contributed by atoms with Gasteiger partial charge in [0.25, 0.3) is 0 Å². The molecule has 0 aromatic rings. The van der Waals surface area contributed by atoms with Crippen LogP contribution in [0.3, 0.4) is 0 Å². The Morgan fingerprint density at radius 1 is 1.15 bits per heavy atom. The summed E-state index contributed by atoms with van der Waals surface area (Å²) in [4.78, 5) is 46.6. The number of rotatable bonds is 14. The third-order valence-electron chi connectivity index (χ3n) is 8.64. The number of carbonyl (C=O) groups excluding carboxylic acids is 3. The van der Waals surface area contributed by atoms with Gasteiger partial charge in [0, 0.05) is 25.6 Å². The third-order valence-corrected chi connectivity index (χ3v) is 14.2. The number of nitrogens with zero attached hydrogens (tertiary/aromatic N) is 2. The predicted molar refractivity (Wildman–Crippen MR) is 162 cm³/mol. The number of amidine groups is 1. The fourth-order valence-electron chi connectivity index (χ4n) is 6.24. The van der Waals surface area contributed by atoms with E-state index in [-0.39, 0.29) is 61.1 Å². The first-order valence-corrected chi connectivity index (χ1v) is 18.2. The van der Waals surface area contributed by atoms with E-state index in [9.17, 15) is 19.5 Å². The smallest absolute Gasteiger partial charge is 0.416 e. The SMILES string of the molecule is [B]NPOC(=O)NC(=N)[C@@H]1CN(CC2=C(C(=O)OPN[B])N3C(=O)C([C@@H](C)O[Si](CC)(CC)CC)[C@H]3[C@H]2C)C[C@H]1O. The van der Waals surface area contributed by atoms with Gasteiger partial charge in [-0.3, -0.25) is 20.4 Å². The second-order valence-corrected chi connectivity index (χ2v) is 16.7. The van der Waals surface area contributed by atoms with Crippen LogP contribution in [0.15, 0.2) is 11.3 Å². The summed E-state index contributed by atoms with van der Waals surface area (Å²) in [5.41, 5.74) is 0.922. The van der Waals surface area contributed by atoms with Crippen LogP contribution in [0.4, 0.5) is 4.79 Å². The van der Waals surface area contributed by atoms with Gasteiger partial charge < -0.3 is 33.5 Å². The summed E-state index contributed by atoms with van der Waals surface area (Å²) in [6.07, 6.45) is -2.07. The van der Waals surface area contributed by atoms with Gasteiger partial charge in [0.05, 0.1) is 30.1 Å². The molecule has 3 unspecified atom stereocenters. The number of carbonyl (C=O) groups is 3. The molecular weight excluding hydrogens is 584 g/mol. The number of amides is 2. The number of nitrogens with one attached hydrogen (secondary N) is 4. The molecular formula is C23H40B2N6O7P2Si. The minimum absolute atomic E-state index is 0.164.